The monoisotopic (exact) mass is 245 g/mol. The highest BCUT2D eigenvalue weighted by Crippen LogP contribution is 2.52. The number of rotatable bonds is 3. The molecule has 3 unspecified atom stereocenters. The fourth-order valence-corrected chi connectivity index (χ4v) is 2.16. The van der Waals surface area contributed by atoms with Crippen LogP contribution in [0.25, 0.3) is 0 Å². The lowest BCUT2D eigenvalue weighted by molar-refractivity contribution is -0.274. The van der Waals surface area contributed by atoms with Crippen LogP contribution < -0.4 is 10.5 Å². The second-order valence-corrected chi connectivity index (χ2v) is 4.45. The SMILES string of the molecule is CC(N)C1CC1c1ccccc1OC(F)(F)F. The first-order chi connectivity index (χ1) is 7.88. The smallest absolute Gasteiger partial charge is 0.405 e. The van der Waals surface area contributed by atoms with E-state index in [1.807, 2.05) is 6.92 Å². The second-order valence-electron chi connectivity index (χ2n) is 4.45. The number of para-hydroxylation sites is 1. The summed E-state index contributed by atoms with van der Waals surface area (Å²) in [4.78, 5) is 0. The molecule has 1 saturated carbocycles. The first-order valence-corrected chi connectivity index (χ1v) is 5.49. The Kier molecular flexibility index (Phi) is 3.03. The lowest BCUT2D eigenvalue weighted by Crippen LogP contribution is -2.19. The van der Waals surface area contributed by atoms with Crippen molar-refractivity contribution in [2.75, 3.05) is 0 Å². The van der Waals surface area contributed by atoms with E-state index in [2.05, 4.69) is 4.74 Å². The van der Waals surface area contributed by atoms with Crippen molar-refractivity contribution in [3.05, 3.63) is 29.8 Å². The minimum atomic E-state index is -4.64. The molecule has 94 valence electrons. The van der Waals surface area contributed by atoms with Crippen molar-refractivity contribution in [1.82, 2.24) is 0 Å². The Hall–Kier alpha value is -1.23. The lowest BCUT2D eigenvalue weighted by Gasteiger charge is -2.13. The Balaban J connectivity index is 2.18. The molecule has 1 fully saturated rings. The van der Waals surface area contributed by atoms with E-state index in [0.717, 1.165) is 6.42 Å². The van der Waals surface area contributed by atoms with Crippen LogP contribution in [0, 0.1) is 5.92 Å². The molecular weight excluding hydrogens is 231 g/mol. The van der Waals surface area contributed by atoms with E-state index in [1.165, 1.54) is 12.1 Å². The summed E-state index contributed by atoms with van der Waals surface area (Å²) < 4.78 is 40.7. The summed E-state index contributed by atoms with van der Waals surface area (Å²) in [6.45, 7) is 1.87. The van der Waals surface area contributed by atoms with Crippen molar-refractivity contribution in [1.29, 1.82) is 0 Å². The van der Waals surface area contributed by atoms with Gasteiger partial charge in [0.1, 0.15) is 5.75 Å². The van der Waals surface area contributed by atoms with E-state index >= 15 is 0 Å². The number of ether oxygens (including phenoxy) is 1. The van der Waals surface area contributed by atoms with E-state index < -0.39 is 6.36 Å². The van der Waals surface area contributed by atoms with Gasteiger partial charge in [-0.1, -0.05) is 18.2 Å². The predicted octanol–water partition coefficient (Wildman–Crippen LogP) is 3.04. The minimum absolute atomic E-state index is 0.000979. The summed E-state index contributed by atoms with van der Waals surface area (Å²) in [5.74, 6) is 0.245. The quantitative estimate of drug-likeness (QED) is 0.888. The predicted molar refractivity (Wildman–Crippen MR) is 57.6 cm³/mol. The zero-order chi connectivity index (χ0) is 12.6. The zero-order valence-electron chi connectivity index (χ0n) is 9.37. The van der Waals surface area contributed by atoms with Gasteiger partial charge in [-0.2, -0.15) is 0 Å². The fourth-order valence-electron chi connectivity index (χ4n) is 2.16. The zero-order valence-corrected chi connectivity index (χ0v) is 9.37. The van der Waals surface area contributed by atoms with Gasteiger partial charge >= 0.3 is 6.36 Å². The van der Waals surface area contributed by atoms with Crippen molar-refractivity contribution in [3.63, 3.8) is 0 Å². The Morgan fingerprint density at radius 1 is 1.35 bits per heavy atom. The molecule has 2 rings (SSSR count). The maximum Gasteiger partial charge on any atom is 0.573 e. The van der Waals surface area contributed by atoms with E-state index in [4.69, 9.17) is 5.73 Å². The van der Waals surface area contributed by atoms with Gasteiger partial charge in [-0.15, -0.1) is 13.2 Å². The van der Waals surface area contributed by atoms with Crippen LogP contribution in [-0.2, 0) is 0 Å². The van der Waals surface area contributed by atoms with Crippen LogP contribution >= 0.6 is 0 Å². The van der Waals surface area contributed by atoms with Crippen LogP contribution in [0.4, 0.5) is 13.2 Å². The van der Waals surface area contributed by atoms with Crippen molar-refractivity contribution in [2.24, 2.45) is 11.7 Å². The number of hydrogen-bond donors (Lipinski definition) is 1. The van der Waals surface area contributed by atoms with Crippen LogP contribution in [0.1, 0.15) is 24.8 Å². The van der Waals surface area contributed by atoms with Crippen LogP contribution in [0.15, 0.2) is 24.3 Å². The summed E-state index contributed by atoms with van der Waals surface area (Å²) >= 11 is 0. The molecule has 0 aromatic heterocycles. The molecule has 2 N–H and O–H groups in total. The van der Waals surface area contributed by atoms with Crippen molar-refractivity contribution < 1.29 is 17.9 Å². The summed E-state index contributed by atoms with van der Waals surface area (Å²) in [7, 11) is 0. The Bertz CT molecular complexity index is 403. The Morgan fingerprint density at radius 3 is 2.53 bits per heavy atom. The second kappa shape index (κ2) is 4.22. The molecule has 0 saturated heterocycles. The van der Waals surface area contributed by atoms with Gasteiger partial charge in [0, 0.05) is 6.04 Å². The molecule has 17 heavy (non-hydrogen) atoms. The minimum Gasteiger partial charge on any atom is -0.405 e. The normalized spacial score (nSPS) is 25.5. The highest BCUT2D eigenvalue weighted by molar-refractivity contribution is 5.40. The lowest BCUT2D eigenvalue weighted by atomic mass is 10.1. The van der Waals surface area contributed by atoms with E-state index in [0.29, 0.717) is 5.56 Å². The third-order valence-electron chi connectivity index (χ3n) is 3.06. The average molecular weight is 245 g/mol. The maximum atomic E-state index is 12.2. The topological polar surface area (TPSA) is 35.2 Å². The molecule has 3 atom stereocenters. The summed E-state index contributed by atoms with van der Waals surface area (Å²) in [5.41, 5.74) is 6.34. The van der Waals surface area contributed by atoms with Crippen LogP contribution in [0.3, 0.4) is 0 Å². The van der Waals surface area contributed by atoms with Crippen molar-refractivity contribution >= 4 is 0 Å². The Labute approximate surface area is 97.6 Å². The number of benzene rings is 1. The molecular formula is C12H14F3NO. The molecule has 2 nitrogen and oxygen atoms in total. The van der Waals surface area contributed by atoms with Crippen molar-refractivity contribution in [2.45, 2.75) is 31.7 Å². The first kappa shape index (κ1) is 12.2. The molecule has 5 heteroatoms. The highest BCUT2D eigenvalue weighted by Gasteiger charge is 2.43. The number of halogens is 3. The number of alkyl halides is 3. The molecule has 0 radical (unpaired) electrons. The van der Waals surface area contributed by atoms with Gasteiger partial charge in [0.2, 0.25) is 0 Å². The van der Waals surface area contributed by atoms with E-state index in [-0.39, 0.29) is 23.6 Å². The third-order valence-corrected chi connectivity index (χ3v) is 3.06. The van der Waals surface area contributed by atoms with Crippen LogP contribution in [0.2, 0.25) is 0 Å². The third kappa shape index (κ3) is 2.91. The molecule has 0 aliphatic heterocycles. The van der Waals surface area contributed by atoms with Gasteiger partial charge < -0.3 is 10.5 Å². The van der Waals surface area contributed by atoms with Gasteiger partial charge in [-0.25, -0.2) is 0 Å². The van der Waals surface area contributed by atoms with Crippen LogP contribution in [-0.4, -0.2) is 12.4 Å². The van der Waals surface area contributed by atoms with E-state index in [1.54, 1.807) is 12.1 Å². The highest BCUT2D eigenvalue weighted by atomic mass is 19.4. The standard InChI is InChI=1S/C12H14F3NO/c1-7(16)9-6-10(9)8-4-2-3-5-11(8)17-12(13,14)15/h2-5,7,9-10H,6,16H2,1H3. The molecule has 0 spiro atoms. The van der Waals surface area contributed by atoms with Gasteiger partial charge in [0.25, 0.3) is 0 Å². The molecule has 1 aliphatic carbocycles. The average Bonchev–Trinajstić information content (AvgIpc) is 2.95. The molecule has 0 amide bonds. The fraction of sp³-hybridized carbons (Fsp3) is 0.500. The number of nitrogens with two attached hydrogens (primary N) is 1. The number of hydrogen-bond acceptors (Lipinski definition) is 2. The summed E-state index contributed by atoms with van der Waals surface area (Å²) in [5, 5.41) is 0. The molecule has 1 aromatic rings. The Morgan fingerprint density at radius 2 is 2.00 bits per heavy atom. The largest absolute Gasteiger partial charge is 0.573 e. The van der Waals surface area contributed by atoms with Gasteiger partial charge in [0.15, 0.2) is 0 Å². The van der Waals surface area contributed by atoms with Gasteiger partial charge in [-0.05, 0) is 36.8 Å². The van der Waals surface area contributed by atoms with Crippen molar-refractivity contribution in [3.8, 4) is 5.75 Å². The van der Waals surface area contributed by atoms with Gasteiger partial charge in [-0.3, -0.25) is 0 Å². The molecule has 0 bridgehead atoms. The maximum absolute atomic E-state index is 12.2. The molecule has 1 aromatic carbocycles. The summed E-state index contributed by atoms with van der Waals surface area (Å²) in [6, 6.07) is 6.27. The molecule has 0 heterocycles. The van der Waals surface area contributed by atoms with Crippen LogP contribution in [0.5, 0.6) is 5.75 Å². The summed E-state index contributed by atoms with van der Waals surface area (Å²) in [6.07, 6.45) is -3.81. The van der Waals surface area contributed by atoms with E-state index in [9.17, 15) is 13.2 Å². The molecule has 1 aliphatic rings. The van der Waals surface area contributed by atoms with Gasteiger partial charge in [0.05, 0.1) is 0 Å². The first-order valence-electron chi connectivity index (χ1n) is 5.49.